The van der Waals surface area contributed by atoms with E-state index < -0.39 is 86.5 Å². The molecule has 3 N–H and O–H groups in total. The number of hydrogen-bond donors (Lipinski definition) is 3. The average Bonchev–Trinajstić information content (AvgIpc) is 4.00. The van der Waals surface area contributed by atoms with Crippen molar-refractivity contribution in [2.45, 2.75) is 120 Å². The van der Waals surface area contributed by atoms with E-state index in [1.165, 1.54) is 29.3 Å². The summed E-state index contributed by atoms with van der Waals surface area (Å²) in [6, 6.07) is 1.87. The smallest absolute Gasteiger partial charge is 0.472 e. The Morgan fingerprint density at radius 1 is 1.07 bits per heavy atom. The number of carbonyl (C=O) groups excluding carboxylic acids is 4. The Kier molecular flexibility index (Phi) is 10.1. The van der Waals surface area contributed by atoms with Gasteiger partial charge in [0.1, 0.15) is 29.3 Å². The number of aromatic nitrogens is 1. The Morgan fingerprint density at radius 2 is 1.82 bits per heavy atom. The molecule has 310 valence electrons. The number of allylic oxidation sites excluding steroid dienone is 1. The molecule has 2 aliphatic carbocycles. The fourth-order valence-corrected chi connectivity index (χ4v) is 9.18. The molecule has 7 rings (SSSR count). The van der Waals surface area contributed by atoms with E-state index in [1.54, 1.807) is 20.8 Å². The zero-order valence-electron chi connectivity index (χ0n) is 31.8. The second-order valence-electron chi connectivity index (χ2n) is 16.6. The number of carbonyl (C=O) groups is 4. The summed E-state index contributed by atoms with van der Waals surface area (Å²) in [6.45, 7) is 8.80. The van der Waals surface area contributed by atoms with Crippen molar-refractivity contribution in [2.24, 2.45) is 17.8 Å². The van der Waals surface area contributed by atoms with Crippen molar-refractivity contribution in [1.82, 2.24) is 25.2 Å². The van der Waals surface area contributed by atoms with Gasteiger partial charge >= 0.3 is 12.4 Å². The molecular formula is C38H53F2N5O10S. The first-order chi connectivity index (χ1) is 26.2. The quantitative estimate of drug-likeness (QED) is 0.332. The summed E-state index contributed by atoms with van der Waals surface area (Å²) < 4.78 is 77.1. The van der Waals surface area contributed by atoms with Crippen molar-refractivity contribution < 1.29 is 59.6 Å². The largest absolute Gasteiger partial charge is 0.586 e. The zero-order valence-corrected chi connectivity index (χ0v) is 32.6. The van der Waals surface area contributed by atoms with Crippen molar-refractivity contribution >= 4 is 44.6 Å². The monoisotopic (exact) mass is 809 g/mol. The number of rotatable bonds is 6. The predicted molar refractivity (Wildman–Crippen MR) is 202 cm³/mol. The third kappa shape index (κ3) is 8.20. The van der Waals surface area contributed by atoms with Crippen LogP contribution < -0.4 is 29.6 Å². The third-order valence-corrected chi connectivity index (χ3v) is 12.7. The maximum absolute atomic E-state index is 14.7. The number of pyridine rings is 1. The standard InChI is InChI=1S/C38H47F2N5O10S.3H2/c1-20-8-6-7-9-22-18-37(22,34(48)44-56(50,51)24-10-11-24)43-31(46)27-17-23(19-45(27)33(47)29(21(2)16-20)42-35(49)55-36(3,4)5)52-32-26-12-13-28-30(25(26)14-15-41-32)54-38(39,40)53-28;;;/h7,9,12-15,20-24,27,29H,6,8,10-11,16-19H2,1-5H3,(H,42,49)(H,43,46)(H,44,48);3*1H/b9-7-;;;/t20-,21-,22-,23-,27+,29+,37-;;;/m1.../s1. The van der Waals surface area contributed by atoms with Crippen LogP contribution in [0.5, 0.6) is 17.4 Å². The van der Waals surface area contributed by atoms with Gasteiger partial charge in [0.05, 0.1) is 11.8 Å². The van der Waals surface area contributed by atoms with E-state index in [1.807, 2.05) is 26.0 Å². The minimum Gasteiger partial charge on any atom is -0.472 e. The lowest BCUT2D eigenvalue weighted by atomic mass is 9.88. The van der Waals surface area contributed by atoms with E-state index in [9.17, 15) is 36.4 Å². The lowest BCUT2D eigenvalue weighted by Crippen LogP contribution is -2.59. The number of nitrogens with one attached hydrogen (secondary N) is 3. The first-order valence-electron chi connectivity index (χ1n) is 18.9. The minimum absolute atomic E-state index is 0. The molecule has 3 fully saturated rings. The molecule has 2 aromatic rings. The Morgan fingerprint density at radius 3 is 2.54 bits per heavy atom. The van der Waals surface area contributed by atoms with Gasteiger partial charge in [0.2, 0.25) is 27.7 Å². The highest BCUT2D eigenvalue weighted by atomic mass is 32.2. The second kappa shape index (κ2) is 14.3. The Labute approximate surface area is 327 Å². The molecule has 1 saturated heterocycles. The maximum atomic E-state index is 14.7. The van der Waals surface area contributed by atoms with E-state index in [4.69, 9.17) is 14.2 Å². The summed E-state index contributed by atoms with van der Waals surface area (Å²) in [5.74, 6) is -3.33. The summed E-state index contributed by atoms with van der Waals surface area (Å²) >= 11 is 0. The van der Waals surface area contributed by atoms with Crippen LogP contribution in [0.2, 0.25) is 0 Å². The van der Waals surface area contributed by atoms with Crippen LogP contribution in [0.4, 0.5) is 13.6 Å². The van der Waals surface area contributed by atoms with Gasteiger partial charge in [-0.1, -0.05) is 26.0 Å². The van der Waals surface area contributed by atoms with Crippen LogP contribution in [-0.2, 0) is 29.1 Å². The van der Waals surface area contributed by atoms with Crippen LogP contribution in [0.15, 0.2) is 36.5 Å². The van der Waals surface area contributed by atoms with E-state index in [2.05, 4.69) is 25.1 Å². The number of sulfonamides is 1. The van der Waals surface area contributed by atoms with Gasteiger partial charge < -0.3 is 34.5 Å². The SMILES string of the molecule is C[C@@H]1CC/C=C\[C@@H]2C[C@@]2(C(=O)NS(=O)(=O)C2CC2)NC(=O)[C@@H]2C[C@@H](Oc3nccc4c5c(ccc34)OC(F)(F)O5)CN2C(=O)[C@@H](NC(=O)OC(C)(C)C)[C@H](C)C1.[HH].[HH].[HH]. The number of benzene rings is 1. The van der Waals surface area contributed by atoms with Gasteiger partial charge in [-0.05, 0) is 89.3 Å². The normalized spacial score (nSPS) is 30.9. The molecule has 0 radical (unpaired) electrons. The molecular weight excluding hydrogens is 757 g/mol. The highest BCUT2D eigenvalue weighted by molar-refractivity contribution is 7.91. The molecule has 7 atom stereocenters. The molecule has 5 aliphatic rings. The number of hydrogen-bond acceptors (Lipinski definition) is 11. The first-order valence-corrected chi connectivity index (χ1v) is 20.5. The Hall–Kier alpha value is -4.74. The van der Waals surface area contributed by atoms with E-state index in [-0.39, 0.29) is 52.3 Å². The molecule has 0 bridgehead atoms. The molecule has 3 aliphatic heterocycles. The van der Waals surface area contributed by atoms with Crippen molar-refractivity contribution in [3.05, 3.63) is 36.5 Å². The molecule has 15 nitrogen and oxygen atoms in total. The van der Waals surface area contributed by atoms with Gasteiger partial charge in [-0.15, -0.1) is 8.78 Å². The van der Waals surface area contributed by atoms with Crippen LogP contribution >= 0.6 is 0 Å². The van der Waals surface area contributed by atoms with Crippen molar-refractivity contribution in [1.29, 1.82) is 0 Å². The number of amides is 4. The number of nitrogens with zero attached hydrogens (tertiary/aromatic N) is 2. The van der Waals surface area contributed by atoms with E-state index >= 15 is 0 Å². The average molecular weight is 810 g/mol. The second-order valence-corrected chi connectivity index (χ2v) is 18.6. The van der Waals surface area contributed by atoms with Gasteiger partial charge in [0.15, 0.2) is 11.5 Å². The molecule has 1 aromatic heterocycles. The molecule has 0 spiro atoms. The summed E-state index contributed by atoms with van der Waals surface area (Å²) in [5, 5.41) is 5.44. The molecule has 1 aromatic carbocycles. The third-order valence-electron chi connectivity index (χ3n) is 10.8. The zero-order chi connectivity index (χ0) is 40.4. The number of alkyl halides is 2. The van der Waals surface area contributed by atoms with Gasteiger partial charge in [0.25, 0.3) is 5.91 Å². The fraction of sp³-hybridized carbons (Fsp3) is 0.605. The maximum Gasteiger partial charge on any atom is 0.586 e. The van der Waals surface area contributed by atoms with Crippen LogP contribution in [0.3, 0.4) is 0 Å². The van der Waals surface area contributed by atoms with Crippen LogP contribution in [0, 0.1) is 17.8 Å². The summed E-state index contributed by atoms with van der Waals surface area (Å²) in [4.78, 5) is 61.7. The van der Waals surface area contributed by atoms with E-state index in [0.717, 1.165) is 6.42 Å². The fourth-order valence-electron chi connectivity index (χ4n) is 7.82. The molecule has 4 heterocycles. The number of ether oxygens (including phenoxy) is 4. The Bertz CT molecular complexity index is 2090. The summed E-state index contributed by atoms with van der Waals surface area (Å²) in [6.07, 6.45) is 2.32. The molecule has 18 heteroatoms. The summed E-state index contributed by atoms with van der Waals surface area (Å²) in [7, 11) is -3.95. The lowest BCUT2D eigenvalue weighted by molar-refractivity contribution is -0.286. The lowest BCUT2D eigenvalue weighted by Gasteiger charge is -2.33. The van der Waals surface area contributed by atoms with Crippen LogP contribution in [-0.4, -0.2) is 89.5 Å². The Balaban J connectivity index is 0.00000256. The van der Waals surface area contributed by atoms with Gasteiger partial charge in [-0.25, -0.2) is 18.2 Å². The van der Waals surface area contributed by atoms with Gasteiger partial charge in [-0.2, -0.15) is 0 Å². The highest BCUT2D eigenvalue weighted by Gasteiger charge is 2.62. The van der Waals surface area contributed by atoms with Crippen molar-refractivity contribution in [3.63, 3.8) is 0 Å². The molecule has 0 unspecified atom stereocenters. The number of halogens is 2. The van der Waals surface area contributed by atoms with Gasteiger partial charge in [-0.3, -0.25) is 19.1 Å². The number of alkyl carbamates (subject to hydrolysis) is 1. The summed E-state index contributed by atoms with van der Waals surface area (Å²) in [5.41, 5.74) is -2.45. The minimum atomic E-state index is -3.95. The van der Waals surface area contributed by atoms with Gasteiger partial charge in [0, 0.05) is 33.6 Å². The highest BCUT2D eigenvalue weighted by Crippen LogP contribution is 2.48. The topological polar surface area (TPSA) is 192 Å². The van der Waals surface area contributed by atoms with Crippen LogP contribution in [0.25, 0.3) is 10.8 Å². The van der Waals surface area contributed by atoms with Crippen LogP contribution in [0.1, 0.15) is 83.8 Å². The van der Waals surface area contributed by atoms with Crippen molar-refractivity contribution in [3.8, 4) is 17.4 Å². The molecule has 2 saturated carbocycles. The predicted octanol–water partition coefficient (Wildman–Crippen LogP) is 5.03. The van der Waals surface area contributed by atoms with E-state index in [0.29, 0.717) is 31.1 Å². The molecule has 4 amide bonds. The molecule has 56 heavy (non-hydrogen) atoms. The van der Waals surface area contributed by atoms with Crippen molar-refractivity contribution in [2.75, 3.05) is 6.54 Å². The number of fused-ring (bicyclic) bond motifs is 5. The first kappa shape index (κ1) is 39.5.